The van der Waals surface area contributed by atoms with Crippen LogP contribution in [0.1, 0.15) is 24.0 Å². The molecule has 3 aromatic rings. The number of rotatable bonds is 5. The first-order chi connectivity index (χ1) is 14.4. The Morgan fingerprint density at radius 1 is 1.13 bits per heavy atom. The summed E-state index contributed by atoms with van der Waals surface area (Å²) in [7, 11) is -3.12. The van der Waals surface area contributed by atoms with E-state index in [1.807, 2.05) is 25.1 Å². The van der Waals surface area contributed by atoms with Crippen molar-refractivity contribution < 1.29 is 13.2 Å². The Hall–Kier alpha value is -2.07. The number of piperazine rings is 1. The van der Waals surface area contributed by atoms with Crippen LogP contribution < -0.4 is 4.74 Å². The smallest absolute Gasteiger partial charge is 0.281 e. The maximum absolute atomic E-state index is 11.9. The minimum absolute atomic E-state index is 0.299. The zero-order valence-corrected chi connectivity index (χ0v) is 18.6. The molecule has 2 fully saturated rings. The molecule has 0 aliphatic carbocycles. The summed E-state index contributed by atoms with van der Waals surface area (Å²) in [6.07, 6.45) is 5.19. The van der Waals surface area contributed by atoms with Gasteiger partial charge in [0, 0.05) is 37.9 Å². The summed E-state index contributed by atoms with van der Waals surface area (Å²) < 4.78 is 32.5. The monoisotopic (exact) mass is 444 g/mol. The Kier molecular flexibility index (Phi) is 5.01. The number of hydrogen-bond donors (Lipinski definition) is 0. The molecule has 0 saturated carbocycles. The molecule has 2 aliphatic rings. The van der Waals surface area contributed by atoms with Crippen molar-refractivity contribution in [1.82, 2.24) is 19.2 Å². The zero-order valence-electron chi connectivity index (χ0n) is 17.0. The maximum Gasteiger partial charge on any atom is 0.281 e. The van der Waals surface area contributed by atoms with E-state index in [0.29, 0.717) is 30.4 Å². The normalized spacial score (nSPS) is 22.6. The second-order valence-electron chi connectivity index (χ2n) is 8.14. The van der Waals surface area contributed by atoms with Gasteiger partial charge in [0.25, 0.3) is 5.19 Å². The molecule has 2 saturated heterocycles. The molecule has 158 valence electrons. The molecule has 1 aromatic carbocycles. The van der Waals surface area contributed by atoms with Gasteiger partial charge in [-0.3, -0.25) is 4.90 Å². The average Bonchev–Trinajstić information content (AvgIpc) is 3.19. The standard InChI is InChI=1S/C21H24N4O3S2/c1-14-9-10-22-20-19(14)29-21(23-20)28-18-7-3-15(4-8-18)11-25-16-5-6-17(25)13-24(12-16)30(2,26)27/h3-4,7-10,16-17H,5-6,11-13H2,1-2H3/t16-,17+. The van der Waals surface area contributed by atoms with Crippen LogP contribution in [0.2, 0.25) is 0 Å². The van der Waals surface area contributed by atoms with Crippen molar-refractivity contribution in [2.24, 2.45) is 0 Å². The molecule has 0 amide bonds. The van der Waals surface area contributed by atoms with E-state index < -0.39 is 10.0 Å². The van der Waals surface area contributed by atoms with Crippen molar-refractivity contribution in [3.8, 4) is 10.9 Å². The number of sulfonamides is 1. The van der Waals surface area contributed by atoms with Crippen LogP contribution in [0.25, 0.3) is 10.3 Å². The van der Waals surface area contributed by atoms with Gasteiger partial charge in [-0.25, -0.2) is 13.4 Å². The van der Waals surface area contributed by atoms with Gasteiger partial charge in [-0.2, -0.15) is 9.29 Å². The Labute approximate surface area is 180 Å². The van der Waals surface area contributed by atoms with Gasteiger partial charge < -0.3 is 4.74 Å². The predicted octanol–water partition coefficient (Wildman–Crippen LogP) is 3.40. The fourth-order valence-corrected chi connectivity index (χ4v) is 6.18. The lowest BCUT2D eigenvalue weighted by atomic mass is 10.1. The number of hydrogen-bond acceptors (Lipinski definition) is 7. The van der Waals surface area contributed by atoms with E-state index in [0.717, 1.165) is 41.0 Å². The number of pyridine rings is 1. The highest BCUT2D eigenvalue weighted by atomic mass is 32.2. The van der Waals surface area contributed by atoms with Crippen molar-refractivity contribution in [1.29, 1.82) is 0 Å². The van der Waals surface area contributed by atoms with E-state index >= 15 is 0 Å². The molecule has 2 bridgehead atoms. The van der Waals surface area contributed by atoms with Gasteiger partial charge in [0.2, 0.25) is 10.0 Å². The van der Waals surface area contributed by atoms with Gasteiger partial charge in [-0.05, 0) is 49.1 Å². The van der Waals surface area contributed by atoms with E-state index in [-0.39, 0.29) is 0 Å². The van der Waals surface area contributed by atoms with E-state index in [1.165, 1.54) is 23.2 Å². The lowest BCUT2D eigenvalue weighted by molar-refractivity contribution is 0.103. The molecule has 2 aliphatic heterocycles. The molecule has 0 unspecified atom stereocenters. The van der Waals surface area contributed by atoms with Crippen molar-refractivity contribution >= 4 is 31.7 Å². The summed E-state index contributed by atoms with van der Waals surface area (Å²) in [4.78, 5) is 11.2. The Morgan fingerprint density at radius 3 is 2.47 bits per heavy atom. The molecule has 2 atom stereocenters. The van der Waals surface area contributed by atoms with Crippen LogP contribution in [-0.4, -0.2) is 59.0 Å². The predicted molar refractivity (Wildman–Crippen MR) is 117 cm³/mol. The average molecular weight is 445 g/mol. The van der Waals surface area contributed by atoms with Crippen LogP contribution in [0.15, 0.2) is 36.5 Å². The van der Waals surface area contributed by atoms with Crippen LogP contribution in [0.5, 0.6) is 10.9 Å². The largest absolute Gasteiger partial charge is 0.431 e. The number of aromatic nitrogens is 2. The Balaban J connectivity index is 1.26. The number of benzene rings is 1. The maximum atomic E-state index is 11.9. The van der Waals surface area contributed by atoms with Crippen LogP contribution >= 0.6 is 11.3 Å². The molecule has 0 spiro atoms. The van der Waals surface area contributed by atoms with E-state index in [1.54, 1.807) is 10.5 Å². The van der Waals surface area contributed by atoms with Crippen LogP contribution in [0.4, 0.5) is 0 Å². The lowest BCUT2D eigenvalue weighted by Crippen LogP contribution is -2.54. The summed E-state index contributed by atoms with van der Waals surface area (Å²) in [5.41, 5.74) is 3.07. The summed E-state index contributed by atoms with van der Waals surface area (Å²) in [5, 5.41) is 0.592. The minimum atomic E-state index is -3.12. The third kappa shape index (κ3) is 3.82. The molecule has 0 radical (unpaired) electrons. The Morgan fingerprint density at radius 2 is 1.83 bits per heavy atom. The molecule has 30 heavy (non-hydrogen) atoms. The second kappa shape index (κ2) is 7.56. The zero-order chi connectivity index (χ0) is 20.9. The topological polar surface area (TPSA) is 75.6 Å². The van der Waals surface area contributed by atoms with Gasteiger partial charge in [0.1, 0.15) is 5.75 Å². The van der Waals surface area contributed by atoms with Gasteiger partial charge in [0.15, 0.2) is 5.65 Å². The molecule has 9 heteroatoms. The highest BCUT2D eigenvalue weighted by Gasteiger charge is 2.42. The van der Waals surface area contributed by atoms with Crippen molar-refractivity contribution in [2.45, 2.75) is 38.4 Å². The number of ether oxygens (including phenoxy) is 1. The van der Waals surface area contributed by atoms with Crippen LogP contribution in [-0.2, 0) is 16.6 Å². The number of thiazole rings is 1. The highest BCUT2D eigenvalue weighted by Crippen LogP contribution is 2.34. The first-order valence-corrected chi connectivity index (χ1v) is 12.7. The summed E-state index contributed by atoms with van der Waals surface area (Å²) >= 11 is 1.50. The molecule has 4 heterocycles. The summed E-state index contributed by atoms with van der Waals surface area (Å²) in [5.74, 6) is 0.750. The fraction of sp³-hybridized carbons (Fsp3) is 0.429. The lowest BCUT2D eigenvalue weighted by Gasteiger charge is -2.39. The molecule has 2 aromatic heterocycles. The van der Waals surface area contributed by atoms with Gasteiger partial charge in [-0.15, -0.1) is 0 Å². The summed E-state index contributed by atoms with van der Waals surface area (Å²) in [6, 6.07) is 10.7. The third-order valence-corrected chi connectivity index (χ3v) is 8.33. The van der Waals surface area contributed by atoms with Crippen LogP contribution in [0.3, 0.4) is 0 Å². The van der Waals surface area contributed by atoms with Crippen molar-refractivity contribution in [3.05, 3.63) is 47.7 Å². The molecular weight excluding hydrogens is 420 g/mol. The first kappa shape index (κ1) is 19.9. The number of nitrogens with zero attached hydrogens (tertiary/aromatic N) is 4. The number of aryl methyl sites for hydroxylation is 1. The van der Waals surface area contributed by atoms with Gasteiger partial charge in [-0.1, -0.05) is 23.5 Å². The molecule has 5 rings (SSSR count). The SMILES string of the molecule is Cc1ccnc2nc(Oc3ccc(CN4[C@@H]5CC[C@H]4CN(S(C)(=O)=O)C5)cc3)sc12. The van der Waals surface area contributed by atoms with Gasteiger partial charge in [0.05, 0.1) is 11.0 Å². The number of fused-ring (bicyclic) bond motifs is 3. The second-order valence-corrected chi connectivity index (χ2v) is 11.1. The molecule has 0 N–H and O–H groups in total. The molecular formula is C21H24N4O3S2. The van der Waals surface area contributed by atoms with Crippen molar-refractivity contribution in [3.63, 3.8) is 0 Å². The van der Waals surface area contributed by atoms with E-state index in [4.69, 9.17) is 4.74 Å². The van der Waals surface area contributed by atoms with Crippen molar-refractivity contribution in [2.75, 3.05) is 19.3 Å². The van der Waals surface area contributed by atoms with Crippen LogP contribution in [0, 0.1) is 6.92 Å². The van der Waals surface area contributed by atoms with Gasteiger partial charge >= 0.3 is 0 Å². The van der Waals surface area contributed by atoms with E-state index in [2.05, 4.69) is 27.0 Å². The first-order valence-electron chi connectivity index (χ1n) is 10.1. The van der Waals surface area contributed by atoms with E-state index in [9.17, 15) is 8.42 Å². The highest BCUT2D eigenvalue weighted by molar-refractivity contribution is 7.88. The minimum Gasteiger partial charge on any atom is -0.431 e. The summed E-state index contributed by atoms with van der Waals surface area (Å²) in [6.45, 7) is 4.07. The Bertz CT molecular complexity index is 1160. The molecule has 7 nitrogen and oxygen atoms in total. The quantitative estimate of drug-likeness (QED) is 0.600. The third-order valence-electron chi connectivity index (χ3n) is 6.03. The fourth-order valence-electron chi connectivity index (χ4n) is 4.43.